The highest BCUT2D eigenvalue weighted by Gasteiger charge is 2.57. The smallest absolute Gasteiger partial charge is 0.0270 e. The van der Waals surface area contributed by atoms with Gasteiger partial charge in [-0.1, -0.05) is 13.8 Å². The summed E-state index contributed by atoms with van der Waals surface area (Å²) in [6.07, 6.45) is 3.74. The average Bonchev–Trinajstić information content (AvgIpc) is 2.69. The molecule has 2 unspecified atom stereocenters. The number of hydrogen-bond donors (Lipinski definition) is 1. The molecule has 1 N–H and O–H groups in total. The molecule has 0 spiro atoms. The number of hydrogen-bond acceptors (Lipinski definition) is 2. The van der Waals surface area contributed by atoms with Crippen LogP contribution in [0.3, 0.4) is 0 Å². The minimum Gasteiger partial charge on any atom is -0.316 e. The molecule has 1 aromatic rings. The van der Waals surface area contributed by atoms with Crippen molar-refractivity contribution in [1.82, 2.24) is 10.3 Å². The van der Waals surface area contributed by atoms with Crippen molar-refractivity contribution < 1.29 is 0 Å². The molecule has 0 bridgehead atoms. The largest absolute Gasteiger partial charge is 0.316 e. The van der Waals surface area contributed by atoms with E-state index in [2.05, 4.69) is 36.3 Å². The fourth-order valence-electron chi connectivity index (χ4n) is 2.37. The van der Waals surface area contributed by atoms with Gasteiger partial charge in [0.15, 0.2) is 0 Å². The van der Waals surface area contributed by atoms with E-state index in [1.807, 2.05) is 19.4 Å². The first kappa shape index (κ1) is 8.70. The zero-order chi connectivity index (χ0) is 9.47. The van der Waals surface area contributed by atoms with E-state index in [1.54, 1.807) is 0 Å². The van der Waals surface area contributed by atoms with Crippen molar-refractivity contribution in [2.45, 2.75) is 25.8 Å². The van der Waals surface area contributed by atoms with Gasteiger partial charge in [0.1, 0.15) is 0 Å². The Morgan fingerprint density at radius 2 is 1.92 bits per heavy atom. The van der Waals surface area contributed by atoms with Gasteiger partial charge < -0.3 is 5.32 Å². The molecular weight excluding hydrogens is 160 g/mol. The van der Waals surface area contributed by atoms with E-state index in [0.29, 0.717) is 17.4 Å². The summed E-state index contributed by atoms with van der Waals surface area (Å²) in [5, 5.41) is 3.36. The zero-order valence-corrected chi connectivity index (χ0v) is 8.41. The first-order chi connectivity index (χ1) is 6.18. The maximum absolute atomic E-state index is 4.03. The van der Waals surface area contributed by atoms with Gasteiger partial charge in [0, 0.05) is 24.4 Å². The molecule has 1 aliphatic rings. The molecule has 1 fully saturated rings. The van der Waals surface area contributed by atoms with E-state index < -0.39 is 0 Å². The molecular formula is C11H16N2. The second kappa shape index (κ2) is 2.81. The molecule has 1 aromatic heterocycles. The molecule has 0 amide bonds. The molecule has 0 aliphatic heterocycles. The Kier molecular flexibility index (Phi) is 1.88. The summed E-state index contributed by atoms with van der Waals surface area (Å²) in [4.78, 5) is 4.03. The Morgan fingerprint density at radius 1 is 1.31 bits per heavy atom. The first-order valence-corrected chi connectivity index (χ1v) is 4.75. The van der Waals surface area contributed by atoms with Crippen LogP contribution in [0.1, 0.15) is 25.3 Å². The highest BCUT2D eigenvalue weighted by molar-refractivity contribution is 5.32. The Labute approximate surface area is 79.4 Å². The lowest BCUT2D eigenvalue weighted by molar-refractivity contribution is 0.567. The lowest BCUT2D eigenvalue weighted by Gasteiger charge is -2.00. The summed E-state index contributed by atoms with van der Waals surface area (Å²) < 4.78 is 0. The maximum Gasteiger partial charge on any atom is 0.0270 e. The minimum atomic E-state index is 0.399. The van der Waals surface area contributed by atoms with Crippen LogP contribution in [0.25, 0.3) is 0 Å². The van der Waals surface area contributed by atoms with Gasteiger partial charge in [0.05, 0.1) is 0 Å². The zero-order valence-electron chi connectivity index (χ0n) is 8.41. The first-order valence-electron chi connectivity index (χ1n) is 4.75. The molecule has 1 saturated carbocycles. The molecule has 70 valence electrons. The van der Waals surface area contributed by atoms with Gasteiger partial charge in [-0.25, -0.2) is 0 Å². The van der Waals surface area contributed by atoms with Gasteiger partial charge in [0.25, 0.3) is 0 Å². The number of rotatable bonds is 2. The van der Waals surface area contributed by atoms with Crippen LogP contribution in [-0.2, 0) is 0 Å². The van der Waals surface area contributed by atoms with Crippen molar-refractivity contribution in [2.75, 3.05) is 7.05 Å². The minimum absolute atomic E-state index is 0.399. The van der Waals surface area contributed by atoms with E-state index in [-0.39, 0.29) is 0 Å². The number of aromatic nitrogens is 1. The molecule has 0 saturated heterocycles. The van der Waals surface area contributed by atoms with Crippen molar-refractivity contribution in [3.63, 3.8) is 0 Å². The van der Waals surface area contributed by atoms with Gasteiger partial charge in [-0.3, -0.25) is 4.98 Å². The van der Waals surface area contributed by atoms with Crippen LogP contribution in [0, 0.1) is 5.41 Å². The van der Waals surface area contributed by atoms with E-state index in [9.17, 15) is 0 Å². The highest BCUT2D eigenvalue weighted by Crippen LogP contribution is 2.58. The van der Waals surface area contributed by atoms with E-state index in [0.717, 1.165) is 0 Å². The summed E-state index contributed by atoms with van der Waals surface area (Å²) in [6, 6.07) is 4.85. The van der Waals surface area contributed by atoms with Crippen LogP contribution in [0.2, 0.25) is 0 Å². The summed E-state index contributed by atoms with van der Waals surface area (Å²) in [7, 11) is 2.04. The molecule has 2 heteroatoms. The molecule has 2 atom stereocenters. The molecule has 0 aromatic carbocycles. The monoisotopic (exact) mass is 176 g/mol. The van der Waals surface area contributed by atoms with Gasteiger partial charge in [0.2, 0.25) is 0 Å². The van der Waals surface area contributed by atoms with Crippen molar-refractivity contribution in [1.29, 1.82) is 0 Å². The van der Waals surface area contributed by atoms with Gasteiger partial charge >= 0.3 is 0 Å². The lowest BCUT2D eigenvalue weighted by Crippen LogP contribution is -2.14. The molecule has 13 heavy (non-hydrogen) atoms. The van der Waals surface area contributed by atoms with Crippen molar-refractivity contribution >= 4 is 0 Å². The Balaban J connectivity index is 2.22. The SMILES string of the molecule is CNC1C(c2ccncc2)C1(C)C. The van der Waals surface area contributed by atoms with Crippen LogP contribution >= 0.6 is 0 Å². The molecule has 1 heterocycles. The summed E-state index contributed by atoms with van der Waals surface area (Å²) >= 11 is 0. The second-order valence-electron chi connectivity index (χ2n) is 4.35. The average molecular weight is 176 g/mol. The van der Waals surface area contributed by atoms with Crippen LogP contribution in [0.15, 0.2) is 24.5 Å². The third-order valence-electron chi connectivity index (χ3n) is 3.20. The fraction of sp³-hybridized carbons (Fsp3) is 0.545. The predicted octanol–water partition coefficient (Wildman–Crippen LogP) is 1.79. The van der Waals surface area contributed by atoms with Gasteiger partial charge in [-0.15, -0.1) is 0 Å². The Hall–Kier alpha value is -0.890. The number of nitrogens with one attached hydrogen (secondary N) is 1. The third kappa shape index (κ3) is 1.25. The molecule has 1 aliphatic carbocycles. The van der Waals surface area contributed by atoms with Crippen molar-refractivity contribution in [3.8, 4) is 0 Å². The third-order valence-corrected chi connectivity index (χ3v) is 3.20. The Bertz CT molecular complexity index is 292. The number of pyridine rings is 1. The van der Waals surface area contributed by atoms with Crippen molar-refractivity contribution in [2.24, 2.45) is 5.41 Å². The van der Waals surface area contributed by atoms with E-state index in [4.69, 9.17) is 0 Å². The molecule has 2 nitrogen and oxygen atoms in total. The number of nitrogens with zero attached hydrogens (tertiary/aromatic N) is 1. The summed E-state index contributed by atoms with van der Waals surface area (Å²) in [6.45, 7) is 4.61. The summed E-state index contributed by atoms with van der Waals surface area (Å²) in [5.41, 5.74) is 1.80. The van der Waals surface area contributed by atoms with Crippen LogP contribution < -0.4 is 5.32 Å². The quantitative estimate of drug-likeness (QED) is 0.743. The topological polar surface area (TPSA) is 24.9 Å². The van der Waals surface area contributed by atoms with Gasteiger partial charge in [-0.05, 0) is 30.2 Å². The number of likely N-dealkylation sites (N-methyl/N-ethyl adjacent to an activating group) is 1. The van der Waals surface area contributed by atoms with Crippen LogP contribution in [0.5, 0.6) is 0 Å². The predicted molar refractivity (Wildman–Crippen MR) is 53.6 cm³/mol. The maximum atomic E-state index is 4.03. The van der Waals surface area contributed by atoms with Gasteiger partial charge in [-0.2, -0.15) is 0 Å². The van der Waals surface area contributed by atoms with E-state index >= 15 is 0 Å². The highest BCUT2D eigenvalue weighted by atomic mass is 15.0. The van der Waals surface area contributed by atoms with Crippen LogP contribution in [0.4, 0.5) is 0 Å². The Morgan fingerprint density at radius 3 is 2.38 bits per heavy atom. The lowest BCUT2D eigenvalue weighted by atomic mass is 10.0. The summed E-state index contributed by atoms with van der Waals surface area (Å²) in [5.74, 6) is 0.653. The van der Waals surface area contributed by atoms with E-state index in [1.165, 1.54) is 5.56 Å². The fourth-order valence-corrected chi connectivity index (χ4v) is 2.37. The standard InChI is InChI=1S/C11H16N2/c1-11(2)9(10(11)12-3)8-4-6-13-7-5-8/h4-7,9-10,12H,1-3H3. The normalized spacial score (nSPS) is 30.1. The molecule has 0 radical (unpaired) electrons. The molecule has 2 rings (SSSR count). The van der Waals surface area contributed by atoms with Crippen molar-refractivity contribution in [3.05, 3.63) is 30.1 Å². The second-order valence-corrected chi connectivity index (χ2v) is 4.35. The van der Waals surface area contributed by atoms with Crippen LogP contribution in [-0.4, -0.2) is 18.1 Å².